The molecule has 26 heteroatoms. The van der Waals surface area contributed by atoms with Gasteiger partial charge in [0, 0.05) is 36.1 Å². The molecule has 10 rings (SSSR count). The van der Waals surface area contributed by atoms with Crippen LogP contribution in [0.2, 0.25) is 0 Å². The molecule has 0 bridgehead atoms. The summed E-state index contributed by atoms with van der Waals surface area (Å²) in [5.74, 6) is -0.413. The molecule has 0 spiro atoms. The second kappa shape index (κ2) is 17.9. The Balaban J connectivity index is 0.000000174. The highest BCUT2D eigenvalue weighted by molar-refractivity contribution is 5.81. The Labute approximate surface area is 387 Å². The normalized spacial score (nSPS) is 18.7. The van der Waals surface area contributed by atoms with E-state index >= 15 is 0 Å². The van der Waals surface area contributed by atoms with E-state index in [9.17, 15) is 55.2 Å². The number of hydrogen-bond acceptors (Lipinski definition) is 14. The van der Waals surface area contributed by atoms with Gasteiger partial charge in [-0.1, -0.05) is 12.1 Å². The molecule has 0 aromatic carbocycles. The molecule has 6 atom stereocenters. The van der Waals surface area contributed by atoms with E-state index in [1.54, 1.807) is 13.8 Å². The van der Waals surface area contributed by atoms with Gasteiger partial charge in [0.05, 0.1) is 36.9 Å². The molecule has 2 saturated carbocycles. The van der Waals surface area contributed by atoms with Gasteiger partial charge in [0.15, 0.2) is 34.3 Å². The number of fused-ring (bicyclic) bond motifs is 2. The number of rotatable bonds is 8. The summed E-state index contributed by atoms with van der Waals surface area (Å²) in [4.78, 5) is 63.5. The highest BCUT2D eigenvalue weighted by Gasteiger charge is 2.40. The molecule has 2 N–H and O–H groups in total. The fourth-order valence-electron chi connectivity index (χ4n) is 8.40. The number of aromatic amines is 2. The predicted molar refractivity (Wildman–Crippen MR) is 225 cm³/mol. The molecule has 0 radical (unpaired) electrons. The third-order valence-corrected chi connectivity index (χ3v) is 12.4. The average molecular weight is 969 g/mol. The Hall–Kier alpha value is -8.42. The number of aromatic nitrogens is 14. The SMILES string of the molecule is C[C@@H](c1ccc(C(F)(F)F)nc1)n1nc(C#N)c2c(=O)[nH]c([C@@H]3CC[C@H]3c3ncc(F)cn3)nc21.C[C@@H](c1ccc(C(F)(F)F)nc1)n1nc(C#N)c2c(=O)[nH]c([C@H]3CC[C@@H]3c3ncc(F)cn3)nc21. The monoisotopic (exact) mass is 968 g/mol. The molecule has 356 valence electrons. The Morgan fingerprint density at radius 3 is 1.21 bits per heavy atom. The number of pyridine rings is 2. The fraction of sp³-hybridized carbons (Fsp3) is 0.318. The first-order valence-electron chi connectivity index (χ1n) is 21.2. The third kappa shape index (κ3) is 8.67. The lowest BCUT2D eigenvalue weighted by molar-refractivity contribution is -0.142. The molecule has 8 heterocycles. The summed E-state index contributed by atoms with van der Waals surface area (Å²) in [6.45, 7) is 3.30. The van der Waals surface area contributed by atoms with Crippen LogP contribution in [-0.4, -0.2) is 69.4 Å². The number of nitrogens with one attached hydrogen (secondary N) is 2. The van der Waals surface area contributed by atoms with E-state index in [0.29, 0.717) is 60.1 Å². The van der Waals surface area contributed by atoms with Crippen molar-refractivity contribution in [1.82, 2.24) is 69.4 Å². The molecule has 2 aliphatic carbocycles. The molecule has 2 fully saturated rings. The molecule has 2 aliphatic rings. The second-order valence-corrected chi connectivity index (χ2v) is 16.5. The highest BCUT2D eigenvalue weighted by atomic mass is 19.4. The lowest BCUT2D eigenvalue weighted by Gasteiger charge is -2.34. The molecular weight excluding hydrogens is 937 g/mol. The molecule has 0 amide bonds. The molecule has 0 saturated heterocycles. The minimum absolute atomic E-state index is 0.0168. The molecule has 0 unspecified atom stereocenters. The van der Waals surface area contributed by atoms with Gasteiger partial charge in [-0.3, -0.25) is 19.6 Å². The van der Waals surface area contributed by atoms with Crippen LogP contribution in [-0.2, 0) is 12.4 Å². The van der Waals surface area contributed by atoms with Crippen LogP contribution in [0.25, 0.3) is 22.1 Å². The molecule has 0 aliphatic heterocycles. The van der Waals surface area contributed by atoms with Gasteiger partial charge in [0.2, 0.25) is 0 Å². The van der Waals surface area contributed by atoms with Gasteiger partial charge in [-0.2, -0.15) is 47.1 Å². The van der Waals surface area contributed by atoms with Crippen molar-refractivity contribution in [1.29, 1.82) is 10.5 Å². The summed E-state index contributed by atoms with van der Waals surface area (Å²) in [6.07, 6.45) is 0.0883. The van der Waals surface area contributed by atoms with Crippen LogP contribution in [0.4, 0.5) is 35.1 Å². The first-order valence-corrected chi connectivity index (χ1v) is 21.2. The number of alkyl halides is 6. The van der Waals surface area contributed by atoms with Gasteiger partial charge < -0.3 is 9.97 Å². The zero-order valence-corrected chi connectivity index (χ0v) is 36.2. The van der Waals surface area contributed by atoms with Gasteiger partial charge >= 0.3 is 12.4 Å². The average Bonchev–Trinajstić information content (AvgIpc) is 3.88. The molecule has 8 aromatic rings. The van der Waals surface area contributed by atoms with Gasteiger partial charge in [0.1, 0.15) is 57.6 Å². The highest BCUT2D eigenvalue weighted by Crippen LogP contribution is 2.48. The summed E-state index contributed by atoms with van der Waals surface area (Å²) in [7, 11) is 0. The fourth-order valence-corrected chi connectivity index (χ4v) is 8.40. The zero-order chi connectivity index (χ0) is 49.8. The Bertz CT molecular complexity index is 3240. The van der Waals surface area contributed by atoms with E-state index in [-0.39, 0.29) is 57.1 Å². The van der Waals surface area contributed by atoms with Crippen LogP contribution in [0, 0.1) is 34.3 Å². The van der Waals surface area contributed by atoms with Gasteiger partial charge in [-0.15, -0.1) is 0 Å². The summed E-state index contributed by atoms with van der Waals surface area (Å²) < 4.78 is 106. The first kappa shape index (κ1) is 46.7. The first-order chi connectivity index (χ1) is 33.3. The number of nitriles is 2. The molecular formula is C44H32F8N16O2. The van der Waals surface area contributed by atoms with E-state index in [4.69, 9.17) is 0 Å². The van der Waals surface area contributed by atoms with Crippen molar-refractivity contribution in [2.75, 3.05) is 0 Å². The zero-order valence-electron chi connectivity index (χ0n) is 36.2. The lowest BCUT2D eigenvalue weighted by atomic mass is 9.72. The van der Waals surface area contributed by atoms with Gasteiger partial charge in [-0.25, -0.2) is 48.0 Å². The maximum Gasteiger partial charge on any atom is 0.433 e. The number of halogens is 8. The maximum atomic E-state index is 13.2. The molecule has 8 aromatic heterocycles. The van der Waals surface area contributed by atoms with Crippen molar-refractivity contribution in [3.8, 4) is 12.1 Å². The van der Waals surface area contributed by atoms with Gasteiger partial charge in [-0.05, 0) is 62.8 Å². The maximum absolute atomic E-state index is 13.2. The number of hydrogen-bond donors (Lipinski definition) is 2. The van der Waals surface area contributed by atoms with E-state index in [2.05, 4.69) is 60.0 Å². The van der Waals surface area contributed by atoms with Crippen molar-refractivity contribution >= 4 is 22.1 Å². The minimum atomic E-state index is -4.58. The van der Waals surface area contributed by atoms with Crippen molar-refractivity contribution < 1.29 is 35.1 Å². The van der Waals surface area contributed by atoms with E-state index < -0.39 is 58.6 Å². The Morgan fingerprint density at radius 2 is 0.929 bits per heavy atom. The van der Waals surface area contributed by atoms with Crippen LogP contribution >= 0.6 is 0 Å². The predicted octanol–water partition coefficient (Wildman–Crippen LogP) is 7.21. The Morgan fingerprint density at radius 1 is 0.571 bits per heavy atom. The van der Waals surface area contributed by atoms with Crippen LogP contribution < -0.4 is 11.1 Å². The van der Waals surface area contributed by atoms with E-state index in [1.165, 1.54) is 21.5 Å². The van der Waals surface area contributed by atoms with Crippen LogP contribution in [0.1, 0.15) is 132 Å². The van der Waals surface area contributed by atoms with Crippen LogP contribution in [0.3, 0.4) is 0 Å². The third-order valence-electron chi connectivity index (χ3n) is 12.4. The minimum Gasteiger partial charge on any atom is -0.310 e. The topological polar surface area (TPSA) is 252 Å². The lowest BCUT2D eigenvalue weighted by Crippen LogP contribution is -2.28. The summed E-state index contributed by atoms with van der Waals surface area (Å²) in [5.41, 5.74) is -2.48. The summed E-state index contributed by atoms with van der Waals surface area (Å²) in [5, 5.41) is 27.4. The van der Waals surface area contributed by atoms with Crippen LogP contribution in [0.15, 0.2) is 71.0 Å². The van der Waals surface area contributed by atoms with E-state index in [0.717, 1.165) is 49.3 Å². The molecule has 70 heavy (non-hydrogen) atoms. The van der Waals surface area contributed by atoms with Crippen molar-refractivity contribution in [3.05, 3.63) is 151 Å². The summed E-state index contributed by atoms with van der Waals surface area (Å²) in [6, 6.07) is 6.64. The number of nitrogens with zero attached hydrogens (tertiary/aromatic N) is 14. The van der Waals surface area contributed by atoms with Gasteiger partial charge in [0.25, 0.3) is 11.1 Å². The quantitative estimate of drug-likeness (QED) is 0.143. The number of H-pyrrole nitrogens is 2. The summed E-state index contributed by atoms with van der Waals surface area (Å²) >= 11 is 0. The van der Waals surface area contributed by atoms with Crippen molar-refractivity contribution in [3.63, 3.8) is 0 Å². The Kier molecular flexibility index (Phi) is 11.9. The largest absolute Gasteiger partial charge is 0.433 e. The van der Waals surface area contributed by atoms with Crippen molar-refractivity contribution in [2.24, 2.45) is 0 Å². The second-order valence-electron chi connectivity index (χ2n) is 16.5. The standard InChI is InChI=1S/2C22H16F4N8O/c2*1-10(11-2-5-16(28-7-11)22(24,25)26)34-20-17(15(6-27)33-34)21(35)32-19(31-20)14-4-3-13(14)18-29-8-12(23)9-30-18/h2*2,5,7-10,13-14H,3-4H2,1H3,(H,31,32,35)/t10-,13+,14+;10-,13-,14-/m00/s1. The van der Waals surface area contributed by atoms with Crippen molar-refractivity contribution in [2.45, 2.75) is 87.6 Å². The van der Waals surface area contributed by atoms with Crippen LogP contribution in [0.5, 0.6) is 0 Å². The smallest absolute Gasteiger partial charge is 0.310 e. The molecule has 18 nitrogen and oxygen atoms in total. The van der Waals surface area contributed by atoms with E-state index in [1.807, 2.05) is 12.1 Å².